The van der Waals surface area contributed by atoms with Gasteiger partial charge >= 0.3 is 0 Å². The normalized spacial score (nSPS) is 26.2. The summed E-state index contributed by atoms with van der Waals surface area (Å²) in [6.45, 7) is 2.47. The molecule has 1 aliphatic rings. The highest BCUT2D eigenvalue weighted by atomic mass is 15.6. The van der Waals surface area contributed by atoms with E-state index in [0.717, 1.165) is 0 Å². The predicted molar refractivity (Wildman–Crippen MR) is 34.5 cm³/mol. The van der Waals surface area contributed by atoms with Gasteiger partial charge < -0.3 is 0 Å². The average molecular weight is 114 g/mol. The molecule has 0 amide bonds. The van der Waals surface area contributed by atoms with E-state index in [-0.39, 0.29) is 0 Å². The van der Waals surface area contributed by atoms with E-state index in [1.54, 1.807) is 0 Å². The van der Waals surface area contributed by atoms with E-state index in [2.05, 4.69) is 24.1 Å². The van der Waals surface area contributed by atoms with Crippen molar-refractivity contribution >= 4 is 0 Å². The van der Waals surface area contributed by atoms with Gasteiger partial charge in [-0.3, -0.25) is 0 Å². The largest absolute Gasteiger partial charge is 0.245 e. The molecule has 1 fully saturated rings. The molecule has 48 valence electrons. The van der Waals surface area contributed by atoms with Crippen molar-refractivity contribution in [2.75, 3.05) is 27.2 Å². The van der Waals surface area contributed by atoms with Crippen LogP contribution in [0, 0.1) is 0 Å². The molecule has 0 saturated carbocycles. The van der Waals surface area contributed by atoms with Crippen molar-refractivity contribution in [3.8, 4) is 0 Å². The monoisotopic (exact) mass is 114 g/mol. The average Bonchev–Trinajstić information content (AvgIpc) is 1.77. The first kappa shape index (κ1) is 6.05. The van der Waals surface area contributed by atoms with Crippen LogP contribution in [0.15, 0.2) is 0 Å². The van der Waals surface area contributed by atoms with E-state index in [1.165, 1.54) is 25.9 Å². The Hall–Kier alpha value is -0.0800. The Balaban J connectivity index is 2.28. The van der Waals surface area contributed by atoms with Gasteiger partial charge in [-0.2, -0.15) is 0 Å². The second kappa shape index (κ2) is 2.46. The highest BCUT2D eigenvalue weighted by Crippen LogP contribution is 2.04. The van der Waals surface area contributed by atoms with Crippen LogP contribution in [0.5, 0.6) is 0 Å². The second-order valence-corrected chi connectivity index (χ2v) is 2.47. The van der Waals surface area contributed by atoms with Gasteiger partial charge in [-0.15, -0.1) is 0 Å². The highest BCUT2D eigenvalue weighted by Gasteiger charge is 2.09. The first-order valence-corrected chi connectivity index (χ1v) is 3.23. The summed E-state index contributed by atoms with van der Waals surface area (Å²) in [5.41, 5.74) is 0. The summed E-state index contributed by atoms with van der Waals surface area (Å²) in [5.74, 6) is 0. The van der Waals surface area contributed by atoms with Crippen molar-refractivity contribution in [2.24, 2.45) is 0 Å². The Labute approximate surface area is 51.0 Å². The summed E-state index contributed by atoms with van der Waals surface area (Å²) in [6.07, 6.45) is 2.72. The van der Waals surface area contributed by atoms with Crippen LogP contribution in [-0.4, -0.2) is 37.2 Å². The maximum absolute atomic E-state index is 2.27. The summed E-state index contributed by atoms with van der Waals surface area (Å²) in [4.78, 5) is 0. The fourth-order valence-corrected chi connectivity index (χ4v) is 1.02. The Morgan fingerprint density at radius 2 is 1.25 bits per heavy atom. The van der Waals surface area contributed by atoms with Crippen molar-refractivity contribution in [1.29, 1.82) is 0 Å². The number of hydrogen-bond acceptors (Lipinski definition) is 2. The molecule has 1 saturated heterocycles. The number of rotatable bonds is 0. The minimum Gasteiger partial charge on any atom is -0.245 e. The van der Waals surface area contributed by atoms with Gasteiger partial charge in [0.15, 0.2) is 0 Å². The summed E-state index contributed by atoms with van der Waals surface area (Å²) in [6, 6.07) is 0. The molecular weight excluding hydrogens is 100 g/mol. The molecule has 0 bridgehead atoms. The molecule has 1 rings (SSSR count). The predicted octanol–water partition coefficient (Wildman–Crippen LogP) is 0.559. The molecule has 0 atom stereocenters. The number of hydrazine groups is 1. The van der Waals surface area contributed by atoms with Gasteiger partial charge in [0.25, 0.3) is 0 Å². The maximum Gasteiger partial charge on any atom is 0.0130 e. The van der Waals surface area contributed by atoms with Crippen LogP contribution in [0.3, 0.4) is 0 Å². The van der Waals surface area contributed by atoms with Crippen LogP contribution in [0.2, 0.25) is 0 Å². The lowest BCUT2D eigenvalue weighted by molar-refractivity contribution is -0.00111. The van der Waals surface area contributed by atoms with E-state index >= 15 is 0 Å². The molecular formula is C6H14N2. The van der Waals surface area contributed by atoms with Gasteiger partial charge in [0.05, 0.1) is 0 Å². The molecule has 0 unspecified atom stereocenters. The fraction of sp³-hybridized carbons (Fsp3) is 1.00. The van der Waals surface area contributed by atoms with Crippen molar-refractivity contribution < 1.29 is 0 Å². The lowest BCUT2D eigenvalue weighted by Gasteiger charge is -2.32. The maximum atomic E-state index is 2.27. The van der Waals surface area contributed by atoms with Gasteiger partial charge in [0, 0.05) is 27.2 Å². The lowest BCUT2D eigenvalue weighted by Crippen LogP contribution is -2.41. The zero-order chi connectivity index (χ0) is 5.98. The minimum absolute atomic E-state index is 1.23. The molecule has 2 nitrogen and oxygen atoms in total. The Morgan fingerprint density at radius 3 is 1.50 bits per heavy atom. The quantitative estimate of drug-likeness (QED) is 0.454. The van der Waals surface area contributed by atoms with Crippen LogP contribution in [-0.2, 0) is 0 Å². The molecule has 0 radical (unpaired) electrons. The highest BCUT2D eigenvalue weighted by molar-refractivity contribution is 4.56. The van der Waals surface area contributed by atoms with Gasteiger partial charge in [0.2, 0.25) is 0 Å². The Bertz CT molecular complexity index is 62.9. The molecule has 1 aliphatic heterocycles. The van der Waals surface area contributed by atoms with Crippen molar-refractivity contribution in [3.63, 3.8) is 0 Å². The Morgan fingerprint density at radius 1 is 0.875 bits per heavy atom. The number of nitrogens with zero attached hydrogens (tertiary/aromatic N) is 2. The lowest BCUT2D eigenvalue weighted by atomic mass is 10.2. The third-order valence-electron chi connectivity index (χ3n) is 1.80. The van der Waals surface area contributed by atoms with E-state index in [0.29, 0.717) is 0 Å². The summed E-state index contributed by atoms with van der Waals surface area (Å²) in [7, 11) is 4.28. The van der Waals surface area contributed by atoms with E-state index in [1.807, 2.05) is 0 Å². The molecule has 8 heavy (non-hydrogen) atoms. The minimum atomic E-state index is 1.23. The van der Waals surface area contributed by atoms with Crippen molar-refractivity contribution in [1.82, 2.24) is 10.0 Å². The molecule has 1 heterocycles. The van der Waals surface area contributed by atoms with E-state index in [4.69, 9.17) is 0 Å². The SMILES string of the molecule is CN1CCCCN1C. The molecule has 0 spiro atoms. The second-order valence-electron chi connectivity index (χ2n) is 2.47. The Kier molecular flexibility index (Phi) is 1.86. The van der Waals surface area contributed by atoms with E-state index < -0.39 is 0 Å². The molecule has 2 heteroatoms. The fourth-order valence-electron chi connectivity index (χ4n) is 1.02. The topological polar surface area (TPSA) is 6.48 Å². The standard InChI is InChI=1S/C6H14N2/c1-7-5-3-4-6-8(7)2/h3-6H2,1-2H3. The third kappa shape index (κ3) is 1.20. The number of hydrogen-bond donors (Lipinski definition) is 0. The molecule has 0 N–H and O–H groups in total. The van der Waals surface area contributed by atoms with Gasteiger partial charge in [-0.05, 0) is 12.8 Å². The first-order valence-electron chi connectivity index (χ1n) is 3.23. The van der Waals surface area contributed by atoms with Crippen LogP contribution < -0.4 is 0 Å². The zero-order valence-corrected chi connectivity index (χ0v) is 5.72. The zero-order valence-electron chi connectivity index (χ0n) is 5.72. The van der Waals surface area contributed by atoms with Gasteiger partial charge in [-0.1, -0.05) is 0 Å². The van der Waals surface area contributed by atoms with Crippen LogP contribution in [0.1, 0.15) is 12.8 Å². The summed E-state index contributed by atoms with van der Waals surface area (Å²) < 4.78 is 0. The molecule has 0 aromatic rings. The van der Waals surface area contributed by atoms with Crippen LogP contribution in [0.25, 0.3) is 0 Å². The molecule has 0 aromatic carbocycles. The summed E-state index contributed by atoms with van der Waals surface area (Å²) >= 11 is 0. The molecule has 0 aromatic heterocycles. The van der Waals surface area contributed by atoms with Crippen LogP contribution in [0.4, 0.5) is 0 Å². The van der Waals surface area contributed by atoms with Gasteiger partial charge in [0.1, 0.15) is 0 Å². The first-order chi connectivity index (χ1) is 3.80. The van der Waals surface area contributed by atoms with Crippen molar-refractivity contribution in [2.45, 2.75) is 12.8 Å². The van der Waals surface area contributed by atoms with Crippen LogP contribution >= 0.6 is 0 Å². The molecule has 0 aliphatic carbocycles. The summed E-state index contributed by atoms with van der Waals surface area (Å²) in [5, 5.41) is 4.53. The van der Waals surface area contributed by atoms with Crippen molar-refractivity contribution in [3.05, 3.63) is 0 Å². The third-order valence-corrected chi connectivity index (χ3v) is 1.80. The van der Waals surface area contributed by atoms with E-state index in [9.17, 15) is 0 Å². The van der Waals surface area contributed by atoms with Gasteiger partial charge in [-0.25, -0.2) is 10.0 Å². The smallest absolute Gasteiger partial charge is 0.0130 e.